The minimum absolute atomic E-state index is 0.358. The number of fused-ring (bicyclic) bond motifs is 1. The first kappa shape index (κ1) is 16.8. The summed E-state index contributed by atoms with van der Waals surface area (Å²) in [6, 6.07) is 4.83. The molecule has 8 heteroatoms. The second kappa shape index (κ2) is 5.77. The van der Waals surface area contributed by atoms with E-state index in [0.717, 1.165) is 18.2 Å². The van der Waals surface area contributed by atoms with Crippen LogP contribution in [0, 0.1) is 0 Å². The number of aryl methyl sites for hydroxylation is 1. The number of hydrogen-bond donors (Lipinski definition) is 2. The fourth-order valence-corrected chi connectivity index (χ4v) is 4.26. The molecule has 7 nitrogen and oxygen atoms in total. The highest BCUT2D eigenvalue weighted by atomic mass is 32.2. The Bertz CT molecular complexity index is 799. The highest BCUT2D eigenvalue weighted by molar-refractivity contribution is 7.92. The van der Waals surface area contributed by atoms with E-state index in [1.807, 2.05) is 0 Å². The summed E-state index contributed by atoms with van der Waals surface area (Å²) in [6.45, 7) is 0.430. The molecule has 130 valence electrons. The Morgan fingerprint density at radius 3 is 2.50 bits per heavy atom. The summed E-state index contributed by atoms with van der Waals surface area (Å²) in [6.07, 6.45) is 4.18. The largest absolute Gasteiger partial charge is 0.480 e. The number of aliphatic carboxylic acids is 1. The van der Waals surface area contributed by atoms with Gasteiger partial charge in [0.15, 0.2) is 0 Å². The predicted molar refractivity (Wildman–Crippen MR) is 88.6 cm³/mol. The maximum atomic E-state index is 12.4. The third kappa shape index (κ3) is 2.86. The fourth-order valence-electron chi connectivity index (χ4n) is 3.26. The topological polar surface area (TPSA) is 104 Å². The van der Waals surface area contributed by atoms with Crippen LogP contribution in [0.25, 0.3) is 0 Å². The number of benzene rings is 1. The van der Waals surface area contributed by atoms with E-state index in [1.165, 1.54) is 4.31 Å². The van der Waals surface area contributed by atoms with Crippen LogP contribution in [0.3, 0.4) is 0 Å². The third-order valence-corrected chi connectivity index (χ3v) is 5.97. The van der Waals surface area contributed by atoms with E-state index in [-0.39, 0.29) is 0 Å². The van der Waals surface area contributed by atoms with Gasteiger partial charge in [-0.25, -0.2) is 13.2 Å². The summed E-state index contributed by atoms with van der Waals surface area (Å²) in [5.74, 6) is -1.44. The van der Waals surface area contributed by atoms with E-state index in [1.54, 1.807) is 18.2 Å². The van der Waals surface area contributed by atoms with Crippen LogP contribution in [0.4, 0.5) is 5.69 Å². The van der Waals surface area contributed by atoms with Crippen molar-refractivity contribution in [2.45, 2.75) is 37.6 Å². The predicted octanol–water partition coefficient (Wildman–Crippen LogP) is 1.14. The van der Waals surface area contributed by atoms with Gasteiger partial charge in [0.1, 0.15) is 5.54 Å². The molecule has 0 radical (unpaired) electrons. The normalized spacial score (nSPS) is 19.1. The van der Waals surface area contributed by atoms with Gasteiger partial charge in [-0.05, 0) is 55.9 Å². The molecule has 1 aliphatic heterocycles. The molecule has 1 aromatic carbocycles. The van der Waals surface area contributed by atoms with Crippen LogP contribution in [0.2, 0.25) is 0 Å². The van der Waals surface area contributed by atoms with Crippen LogP contribution in [0.5, 0.6) is 0 Å². The zero-order valence-corrected chi connectivity index (χ0v) is 14.2. The van der Waals surface area contributed by atoms with Crippen molar-refractivity contribution in [2.24, 2.45) is 0 Å². The van der Waals surface area contributed by atoms with Crippen molar-refractivity contribution in [1.29, 1.82) is 0 Å². The van der Waals surface area contributed by atoms with E-state index >= 15 is 0 Å². The molecular formula is C16H20N2O5S. The number of carbonyl (C=O) groups is 2. The first-order valence-corrected chi connectivity index (χ1v) is 9.74. The Labute approximate surface area is 140 Å². The van der Waals surface area contributed by atoms with Crippen LogP contribution in [-0.4, -0.2) is 43.7 Å². The minimum atomic E-state index is -3.35. The van der Waals surface area contributed by atoms with Gasteiger partial charge in [-0.2, -0.15) is 0 Å². The number of amides is 1. The maximum absolute atomic E-state index is 12.4. The number of carbonyl (C=O) groups excluding carboxylic acids is 1. The molecule has 1 heterocycles. The smallest absolute Gasteiger partial charge is 0.329 e. The summed E-state index contributed by atoms with van der Waals surface area (Å²) >= 11 is 0. The molecule has 1 saturated carbocycles. The van der Waals surface area contributed by atoms with Gasteiger partial charge in [-0.15, -0.1) is 0 Å². The first-order chi connectivity index (χ1) is 11.2. The number of carboxylic acid groups (broad SMARTS) is 1. The number of anilines is 1. The summed E-state index contributed by atoms with van der Waals surface area (Å²) in [4.78, 5) is 23.8. The van der Waals surface area contributed by atoms with Gasteiger partial charge >= 0.3 is 5.97 Å². The number of rotatable bonds is 4. The van der Waals surface area contributed by atoms with Crippen LogP contribution >= 0.6 is 0 Å². The Morgan fingerprint density at radius 2 is 1.96 bits per heavy atom. The summed E-state index contributed by atoms with van der Waals surface area (Å²) in [7, 11) is -3.35. The van der Waals surface area contributed by atoms with Crippen molar-refractivity contribution in [3.05, 3.63) is 29.3 Å². The van der Waals surface area contributed by atoms with Gasteiger partial charge in [-0.3, -0.25) is 9.10 Å². The molecule has 0 unspecified atom stereocenters. The molecule has 3 rings (SSSR count). The Balaban J connectivity index is 1.86. The lowest BCUT2D eigenvalue weighted by molar-refractivity contribution is -0.148. The Hall–Kier alpha value is -2.09. The van der Waals surface area contributed by atoms with Crippen LogP contribution in [0.15, 0.2) is 18.2 Å². The zero-order valence-electron chi connectivity index (χ0n) is 13.4. The van der Waals surface area contributed by atoms with Crippen molar-refractivity contribution < 1.29 is 23.1 Å². The fraction of sp³-hybridized carbons (Fsp3) is 0.500. The van der Waals surface area contributed by atoms with Crippen molar-refractivity contribution in [1.82, 2.24) is 5.32 Å². The highest BCUT2D eigenvalue weighted by Gasteiger charge is 2.45. The molecule has 0 bridgehead atoms. The average Bonchev–Trinajstić information content (AvgIpc) is 2.48. The minimum Gasteiger partial charge on any atom is -0.480 e. The van der Waals surface area contributed by atoms with Crippen LogP contribution in [0.1, 0.15) is 41.6 Å². The molecule has 2 aliphatic rings. The van der Waals surface area contributed by atoms with Crippen LogP contribution in [-0.2, 0) is 21.2 Å². The second-order valence-corrected chi connectivity index (χ2v) is 8.38. The molecule has 1 amide bonds. The van der Waals surface area contributed by atoms with E-state index < -0.39 is 27.4 Å². The first-order valence-electron chi connectivity index (χ1n) is 7.89. The molecule has 2 N–H and O–H groups in total. The van der Waals surface area contributed by atoms with E-state index in [2.05, 4.69) is 5.32 Å². The standard InChI is InChI=1S/C16H20N2O5S/c1-24(22,23)18-9-2-4-11-10-12(5-6-13(11)18)14(19)17-16(15(20)21)7-3-8-16/h5-6,10H,2-4,7-9H2,1H3,(H,17,19)(H,20,21). The van der Waals surface area contributed by atoms with E-state index in [0.29, 0.717) is 43.5 Å². The average molecular weight is 352 g/mol. The number of hydrogen-bond acceptors (Lipinski definition) is 4. The highest BCUT2D eigenvalue weighted by Crippen LogP contribution is 2.33. The van der Waals surface area contributed by atoms with E-state index in [9.17, 15) is 23.1 Å². The lowest BCUT2D eigenvalue weighted by Gasteiger charge is -2.38. The number of nitrogens with zero attached hydrogens (tertiary/aromatic N) is 1. The molecule has 0 aromatic heterocycles. The van der Waals surface area contributed by atoms with Gasteiger partial charge in [0, 0.05) is 12.1 Å². The van der Waals surface area contributed by atoms with Gasteiger partial charge in [0.2, 0.25) is 10.0 Å². The lowest BCUT2D eigenvalue weighted by Crippen LogP contribution is -2.59. The number of sulfonamides is 1. The van der Waals surface area contributed by atoms with Crippen molar-refractivity contribution in [3.63, 3.8) is 0 Å². The molecular weight excluding hydrogens is 332 g/mol. The molecule has 1 aliphatic carbocycles. The summed E-state index contributed by atoms with van der Waals surface area (Å²) in [5.41, 5.74) is 0.581. The molecule has 0 spiro atoms. The number of nitrogens with one attached hydrogen (secondary N) is 1. The van der Waals surface area contributed by atoms with Gasteiger partial charge < -0.3 is 10.4 Å². The maximum Gasteiger partial charge on any atom is 0.329 e. The molecule has 1 fully saturated rings. The zero-order chi connectivity index (χ0) is 17.5. The second-order valence-electron chi connectivity index (χ2n) is 6.48. The quantitative estimate of drug-likeness (QED) is 0.845. The third-order valence-electron chi connectivity index (χ3n) is 4.79. The molecule has 0 atom stereocenters. The Morgan fingerprint density at radius 1 is 1.25 bits per heavy atom. The van der Waals surface area contributed by atoms with Gasteiger partial charge in [0.05, 0.1) is 11.9 Å². The van der Waals surface area contributed by atoms with Crippen LogP contribution < -0.4 is 9.62 Å². The van der Waals surface area contributed by atoms with Gasteiger partial charge in [-0.1, -0.05) is 0 Å². The SMILES string of the molecule is CS(=O)(=O)N1CCCc2cc(C(=O)NC3(C(=O)O)CCC3)ccc21. The molecule has 24 heavy (non-hydrogen) atoms. The van der Waals surface area contributed by atoms with Crippen molar-refractivity contribution in [3.8, 4) is 0 Å². The molecule has 0 saturated heterocycles. The summed E-state index contributed by atoms with van der Waals surface area (Å²) < 4.78 is 25.1. The Kier molecular flexibility index (Phi) is 4.03. The van der Waals surface area contributed by atoms with Crippen molar-refractivity contribution >= 4 is 27.6 Å². The lowest BCUT2D eigenvalue weighted by atomic mass is 9.76. The number of carboxylic acids is 1. The monoisotopic (exact) mass is 352 g/mol. The van der Waals surface area contributed by atoms with Gasteiger partial charge in [0.25, 0.3) is 5.91 Å². The summed E-state index contributed by atoms with van der Waals surface area (Å²) in [5, 5.41) is 11.9. The van der Waals surface area contributed by atoms with Crippen molar-refractivity contribution in [2.75, 3.05) is 17.1 Å². The molecule has 1 aromatic rings. The van der Waals surface area contributed by atoms with E-state index in [4.69, 9.17) is 0 Å².